The lowest BCUT2D eigenvalue weighted by Crippen LogP contribution is -1.98. The van der Waals surface area contributed by atoms with Crippen LogP contribution in [0.2, 0.25) is 0 Å². The molecular formula is C22H20N2. The third-order valence-electron chi connectivity index (χ3n) is 3.85. The van der Waals surface area contributed by atoms with Crippen LogP contribution in [-0.4, -0.2) is 0 Å². The van der Waals surface area contributed by atoms with Gasteiger partial charge in [0.2, 0.25) is 0 Å². The van der Waals surface area contributed by atoms with Crippen LogP contribution in [0.3, 0.4) is 0 Å². The second kappa shape index (κ2) is 7.34. The molecule has 0 bridgehead atoms. The molecule has 0 heterocycles. The van der Waals surface area contributed by atoms with Gasteiger partial charge in [-0.05, 0) is 22.8 Å². The van der Waals surface area contributed by atoms with Crippen molar-refractivity contribution in [1.82, 2.24) is 0 Å². The first kappa shape index (κ1) is 15.6. The Morgan fingerprint density at radius 3 is 1.67 bits per heavy atom. The van der Waals surface area contributed by atoms with Crippen molar-refractivity contribution in [2.24, 2.45) is 0 Å². The van der Waals surface area contributed by atoms with E-state index in [1.54, 1.807) is 0 Å². The van der Waals surface area contributed by atoms with Gasteiger partial charge in [-0.3, -0.25) is 0 Å². The number of anilines is 2. The zero-order chi connectivity index (χ0) is 16.8. The molecule has 24 heavy (non-hydrogen) atoms. The van der Waals surface area contributed by atoms with E-state index in [0.717, 1.165) is 22.3 Å². The summed E-state index contributed by atoms with van der Waals surface area (Å²) in [6.45, 7) is 0. The fourth-order valence-corrected chi connectivity index (χ4v) is 2.50. The summed E-state index contributed by atoms with van der Waals surface area (Å²) < 4.78 is 0. The van der Waals surface area contributed by atoms with Crippen LogP contribution in [0.4, 0.5) is 11.4 Å². The smallest absolute Gasteiger partial charge is 0.0627 e. The number of nitrogen functional groups attached to an aromatic ring is 2. The zero-order valence-corrected chi connectivity index (χ0v) is 13.4. The molecule has 0 aliphatic carbocycles. The van der Waals surface area contributed by atoms with Crippen LogP contribution in [0.15, 0.2) is 72.8 Å². The largest absolute Gasteiger partial charge is 0.397 e. The molecule has 0 radical (unpaired) electrons. The van der Waals surface area contributed by atoms with Gasteiger partial charge in [-0.2, -0.15) is 0 Å². The molecule has 0 unspecified atom stereocenters. The van der Waals surface area contributed by atoms with E-state index in [0.29, 0.717) is 11.4 Å². The second-order valence-corrected chi connectivity index (χ2v) is 5.56. The standard InChI is InChI=1S/C22H20N2/c23-21-16-14-19(13-11-17-7-3-1-4-8-17)20(22(21)24)15-12-18-9-5-2-6-10-18/h1-16H,23-24H2. The molecule has 118 valence electrons. The predicted molar refractivity (Wildman–Crippen MR) is 106 cm³/mol. The maximum atomic E-state index is 6.21. The highest BCUT2D eigenvalue weighted by molar-refractivity contribution is 5.88. The molecule has 2 nitrogen and oxygen atoms in total. The lowest BCUT2D eigenvalue weighted by Gasteiger charge is -2.09. The van der Waals surface area contributed by atoms with Gasteiger partial charge in [0.1, 0.15) is 0 Å². The average molecular weight is 312 g/mol. The Morgan fingerprint density at radius 1 is 0.542 bits per heavy atom. The highest BCUT2D eigenvalue weighted by Gasteiger charge is 2.04. The zero-order valence-electron chi connectivity index (χ0n) is 13.4. The maximum Gasteiger partial charge on any atom is 0.0627 e. The van der Waals surface area contributed by atoms with Crippen LogP contribution in [0.5, 0.6) is 0 Å². The molecule has 0 aliphatic heterocycles. The average Bonchev–Trinajstić information content (AvgIpc) is 2.63. The van der Waals surface area contributed by atoms with Crippen molar-refractivity contribution in [1.29, 1.82) is 0 Å². The van der Waals surface area contributed by atoms with Crippen molar-refractivity contribution in [3.8, 4) is 0 Å². The molecule has 0 aliphatic rings. The van der Waals surface area contributed by atoms with Gasteiger partial charge in [0.05, 0.1) is 11.4 Å². The van der Waals surface area contributed by atoms with E-state index in [9.17, 15) is 0 Å². The van der Waals surface area contributed by atoms with Crippen molar-refractivity contribution >= 4 is 35.7 Å². The summed E-state index contributed by atoms with van der Waals surface area (Å²) in [7, 11) is 0. The van der Waals surface area contributed by atoms with Crippen LogP contribution >= 0.6 is 0 Å². The summed E-state index contributed by atoms with van der Waals surface area (Å²) in [4.78, 5) is 0. The van der Waals surface area contributed by atoms with E-state index < -0.39 is 0 Å². The highest BCUT2D eigenvalue weighted by Crippen LogP contribution is 2.27. The summed E-state index contributed by atoms with van der Waals surface area (Å²) in [5, 5.41) is 0. The first-order valence-corrected chi connectivity index (χ1v) is 7.88. The van der Waals surface area contributed by atoms with Gasteiger partial charge in [-0.25, -0.2) is 0 Å². The van der Waals surface area contributed by atoms with Crippen LogP contribution < -0.4 is 11.5 Å². The monoisotopic (exact) mass is 312 g/mol. The van der Waals surface area contributed by atoms with E-state index in [-0.39, 0.29) is 0 Å². The van der Waals surface area contributed by atoms with Crippen LogP contribution in [0.25, 0.3) is 24.3 Å². The molecule has 0 fully saturated rings. The molecular weight excluding hydrogens is 292 g/mol. The third-order valence-corrected chi connectivity index (χ3v) is 3.85. The fourth-order valence-electron chi connectivity index (χ4n) is 2.50. The number of hydrogen-bond donors (Lipinski definition) is 2. The number of benzene rings is 3. The summed E-state index contributed by atoms with van der Waals surface area (Å²) in [5.74, 6) is 0. The van der Waals surface area contributed by atoms with Crippen LogP contribution in [-0.2, 0) is 0 Å². The quantitative estimate of drug-likeness (QED) is 0.514. The first-order valence-electron chi connectivity index (χ1n) is 7.88. The second-order valence-electron chi connectivity index (χ2n) is 5.56. The van der Waals surface area contributed by atoms with Crippen molar-refractivity contribution in [3.63, 3.8) is 0 Å². The minimum atomic E-state index is 0.597. The lowest BCUT2D eigenvalue weighted by molar-refractivity contribution is 1.59. The first-order chi connectivity index (χ1) is 11.7. The van der Waals surface area contributed by atoms with Gasteiger partial charge in [0, 0.05) is 5.56 Å². The SMILES string of the molecule is Nc1ccc(C=Cc2ccccc2)c(C=Cc2ccccc2)c1N. The molecule has 0 spiro atoms. The Hall–Kier alpha value is -3.26. The van der Waals surface area contributed by atoms with Gasteiger partial charge >= 0.3 is 0 Å². The minimum absolute atomic E-state index is 0.597. The lowest BCUT2D eigenvalue weighted by atomic mass is 10.0. The van der Waals surface area contributed by atoms with E-state index >= 15 is 0 Å². The van der Waals surface area contributed by atoms with Crippen molar-refractivity contribution < 1.29 is 0 Å². The summed E-state index contributed by atoms with van der Waals surface area (Å²) in [6.07, 6.45) is 8.21. The Bertz CT molecular complexity index is 863. The maximum absolute atomic E-state index is 6.21. The van der Waals surface area contributed by atoms with Gasteiger partial charge in [0.25, 0.3) is 0 Å². The summed E-state index contributed by atoms with van der Waals surface area (Å²) >= 11 is 0. The van der Waals surface area contributed by atoms with E-state index in [1.807, 2.05) is 60.7 Å². The number of hydrogen-bond acceptors (Lipinski definition) is 2. The molecule has 0 atom stereocenters. The van der Waals surface area contributed by atoms with Crippen molar-refractivity contribution in [3.05, 3.63) is 95.1 Å². The summed E-state index contributed by atoms with van der Waals surface area (Å²) in [5.41, 5.74) is 17.6. The Labute approximate surface area is 142 Å². The fraction of sp³-hybridized carbons (Fsp3) is 0. The van der Waals surface area contributed by atoms with E-state index in [4.69, 9.17) is 11.5 Å². The Kier molecular flexibility index (Phi) is 4.78. The topological polar surface area (TPSA) is 52.0 Å². The molecule has 0 saturated carbocycles. The Morgan fingerprint density at radius 2 is 1.08 bits per heavy atom. The van der Waals surface area contributed by atoms with Crippen LogP contribution in [0.1, 0.15) is 22.3 Å². The minimum Gasteiger partial charge on any atom is -0.397 e. The molecule has 3 aromatic carbocycles. The van der Waals surface area contributed by atoms with Gasteiger partial charge in [0.15, 0.2) is 0 Å². The number of nitrogens with two attached hydrogens (primary N) is 2. The van der Waals surface area contributed by atoms with Gasteiger partial charge < -0.3 is 11.5 Å². The molecule has 0 amide bonds. The highest BCUT2D eigenvalue weighted by atomic mass is 14.7. The molecule has 0 aromatic heterocycles. The van der Waals surface area contributed by atoms with E-state index in [1.165, 1.54) is 0 Å². The third kappa shape index (κ3) is 3.73. The van der Waals surface area contributed by atoms with Crippen LogP contribution in [0, 0.1) is 0 Å². The van der Waals surface area contributed by atoms with E-state index in [2.05, 4.69) is 36.4 Å². The van der Waals surface area contributed by atoms with Crippen molar-refractivity contribution in [2.75, 3.05) is 11.5 Å². The Balaban J connectivity index is 1.96. The molecule has 3 aromatic rings. The number of rotatable bonds is 4. The normalized spacial score (nSPS) is 11.3. The molecule has 4 N–H and O–H groups in total. The predicted octanol–water partition coefficient (Wildman–Crippen LogP) is 5.19. The van der Waals surface area contributed by atoms with Gasteiger partial charge in [-0.15, -0.1) is 0 Å². The molecule has 2 heteroatoms. The molecule has 3 rings (SSSR count). The molecule has 0 saturated heterocycles. The summed E-state index contributed by atoms with van der Waals surface area (Å²) in [6, 6.07) is 24.2. The van der Waals surface area contributed by atoms with Crippen molar-refractivity contribution in [2.45, 2.75) is 0 Å². The van der Waals surface area contributed by atoms with Gasteiger partial charge in [-0.1, -0.05) is 91.0 Å².